The van der Waals surface area contributed by atoms with Crippen LogP contribution in [-0.2, 0) is 28.5 Å². The fourth-order valence-electron chi connectivity index (χ4n) is 5.24. The third-order valence-electron chi connectivity index (χ3n) is 7.08. The van der Waals surface area contributed by atoms with Gasteiger partial charge in [-0.05, 0) is 49.7 Å². The molecule has 1 saturated heterocycles. The number of amides is 1. The van der Waals surface area contributed by atoms with Crippen LogP contribution in [0.3, 0.4) is 0 Å². The number of sulfonamides is 1. The zero-order valence-electron chi connectivity index (χ0n) is 21.0. The number of aromatic nitrogens is 2. The van der Waals surface area contributed by atoms with Crippen LogP contribution in [0.15, 0.2) is 41.3 Å². The monoisotopic (exact) mass is 547 g/mol. The lowest BCUT2D eigenvalue weighted by Crippen LogP contribution is -2.45. The largest absolute Gasteiger partial charge is 0.305 e. The molecule has 2 N–H and O–H groups in total. The van der Waals surface area contributed by atoms with Crippen molar-refractivity contribution in [3.8, 4) is 0 Å². The van der Waals surface area contributed by atoms with E-state index in [1.54, 1.807) is 26.0 Å². The number of anilines is 1. The van der Waals surface area contributed by atoms with E-state index in [9.17, 15) is 26.4 Å². The van der Waals surface area contributed by atoms with Crippen molar-refractivity contribution in [3.63, 3.8) is 0 Å². The summed E-state index contributed by atoms with van der Waals surface area (Å²) >= 11 is 0. The van der Waals surface area contributed by atoms with Gasteiger partial charge in [-0.3, -0.25) is 14.8 Å². The highest BCUT2D eigenvalue weighted by molar-refractivity contribution is 7.89. The average molecular weight is 548 g/mol. The SMILES string of the molecule is CC1(C)CN(S(=O)(=O)c2cc(F)cc(F)c2)Cc2c(NC(=O)c3c(F)cccc3CN3CCCC3)n[nH]c21. The summed E-state index contributed by atoms with van der Waals surface area (Å²) in [4.78, 5) is 15.0. The van der Waals surface area contributed by atoms with E-state index >= 15 is 0 Å². The first kappa shape index (κ1) is 26.4. The molecule has 1 amide bonds. The highest BCUT2D eigenvalue weighted by atomic mass is 32.2. The Bertz CT molecular complexity index is 1480. The number of hydrogen-bond acceptors (Lipinski definition) is 5. The number of fused-ring (bicyclic) bond motifs is 1. The summed E-state index contributed by atoms with van der Waals surface area (Å²) in [6, 6.07) is 6.62. The number of benzene rings is 2. The lowest BCUT2D eigenvalue weighted by molar-refractivity contribution is 0.102. The van der Waals surface area contributed by atoms with Crippen molar-refractivity contribution in [2.24, 2.45) is 0 Å². The maximum absolute atomic E-state index is 14.9. The van der Waals surface area contributed by atoms with Crippen LogP contribution in [0.2, 0.25) is 0 Å². The standard InChI is InChI=1S/C26H28F3N5O3S/c1-26(2)15-34(38(36,37)19-11-17(27)10-18(28)12-19)14-20-23(26)31-32-24(20)30-25(35)22-16(6-5-7-21(22)29)13-33-8-3-4-9-33/h5-7,10-12H,3-4,8-9,13-15H2,1-2H3,(H2,30,31,32,35). The first-order valence-electron chi connectivity index (χ1n) is 12.3. The number of nitrogens with zero attached hydrogens (tertiary/aromatic N) is 3. The van der Waals surface area contributed by atoms with E-state index in [0.29, 0.717) is 29.4 Å². The van der Waals surface area contributed by atoms with Crippen molar-refractivity contribution in [1.82, 2.24) is 19.4 Å². The molecule has 0 spiro atoms. The van der Waals surface area contributed by atoms with E-state index in [0.717, 1.165) is 42.4 Å². The molecular formula is C26H28F3N5O3S. The molecule has 0 saturated carbocycles. The molecular weight excluding hydrogens is 519 g/mol. The molecule has 2 aromatic carbocycles. The normalized spacial score (nSPS) is 17.9. The number of rotatable bonds is 6. The highest BCUT2D eigenvalue weighted by Gasteiger charge is 2.41. The van der Waals surface area contributed by atoms with Gasteiger partial charge < -0.3 is 5.32 Å². The van der Waals surface area contributed by atoms with Crippen LogP contribution in [0.5, 0.6) is 0 Å². The van der Waals surface area contributed by atoms with Gasteiger partial charge in [0.15, 0.2) is 5.82 Å². The molecule has 8 nitrogen and oxygen atoms in total. The molecule has 3 heterocycles. The van der Waals surface area contributed by atoms with E-state index in [1.807, 2.05) is 0 Å². The lowest BCUT2D eigenvalue weighted by atomic mass is 9.84. The minimum Gasteiger partial charge on any atom is -0.305 e. The number of carbonyl (C=O) groups excluding carboxylic acids is 1. The second-order valence-corrected chi connectivity index (χ2v) is 12.3. The van der Waals surface area contributed by atoms with Crippen LogP contribution in [0.25, 0.3) is 0 Å². The second kappa shape index (κ2) is 9.83. The molecule has 2 aliphatic heterocycles. The summed E-state index contributed by atoms with van der Waals surface area (Å²) in [6.45, 7) is 5.55. The van der Waals surface area contributed by atoms with Gasteiger partial charge in [-0.15, -0.1) is 0 Å². The number of nitrogens with one attached hydrogen (secondary N) is 2. The van der Waals surface area contributed by atoms with Crippen molar-refractivity contribution < 1.29 is 26.4 Å². The van der Waals surface area contributed by atoms with Crippen LogP contribution in [0, 0.1) is 17.5 Å². The minimum atomic E-state index is -4.29. The maximum atomic E-state index is 14.9. The van der Waals surface area contributed by atoms with Crippen LogP contribution in [0.4, 0.5) is 19.0 Å². The third kappa shape index (κ3) is 4.95. The quantitative estimate of drug-likeness (QED) is 0.483. The number of H-pyrrole nitrogens is 1. The predicted octanol–water partition coefficient (Wildman–Crippen LogP) is 4.16. The van der Waals surface area contributed by atoms with Gasteiger partial charge in [0.05, 0.1) is 10.5 Å². The number of aromatic amines is 1. The lowest BCUT2D eigenvalue weighted by Gasteiger charge is -2.36. The van der Waals surface area contributed by atoms with Crippen molar-refractivity contribution in [3.05, 3.63) is 76.2 Å². The first-order valence-corrected chi connectivity index (χ1v) is 13.7. The molecule has 1 aromatic heterocycles. The number of likely N-dealkylation sites (tertiary alicyclic amines) is 1. The fourth-order valence-corrected chi connectivity index (χ4v) is 6.85. The molecule has 0 aliphatic carbocycles. The summed E-state index contributed by atoms with van der Waals surface area (Å²) in [5, 5.41) is 9.75. The Hall–Kier alpha value is -3.22. The molecule has 0 radical (unpaired) electrons. The summed E-state index contributed by atoms with van der Waals surface area (Å²) in [5.74, 6) is -3.31. The summed E-state index contributed by atoms with van der Waals surface area (Å²) in [7, 11) is -4.29. The van der Waals surface area contributed by atoms with E-state index in [4.69, 9.17) is 0 Å². The smallest absolute Gasteiger partial charge is 0.260 e. The van der Waals surface area contributed by atoms with Gasteiger partial charge in [-0.25, -0.2) is 21.6 Å². The van der Waals surface area contributed by atoms with Gasteiger partial charge in [-0.2, -0.15) is 9.40 Å². The van der Waals surface area contributed by atoms with Crippen molar-refractivity contribution in [1.29, 1.82) is 0 Å². The van der Waals surface area contributed by atoms with Crippen LogP contribution in [0.1, 0.15) is 53.9 Å². The molecule has 3 aromatic rings. The molecule has 38 heavy (non-hydrogen) atoms. The summed E-state index contributed by atoms with van der Waals surface area (Å²) in [6.07, 6.45) is 2.10. The van der Waals surface area contributed by atoms with Gasteiger partial charge >= 0.3 is 0 Å². The summed E-state index contributed by atoms with van der Waals surface area (Å²) in [5.41, 5.74) is 0.682. The maximum Gasteiger partial charge on any atom is 0.260 e. The van der Waals surface area contributed by atoms with Gasteiger partial charge in [0.2, 0.25) is 10.0 Å². The van der Waals surface area contributed by atoms with Crippen LogP contribution in [-0.4, -0.2) is 53.4 Å². The van der Waals surface area contributed by atoms with E-state index < -0.39 is 43.7 Å². The Morgan fingerprint density at radius 2 is 1.79 bits per heavy atom. The van der Waals surface area contributed by atoms with Gasteiger partial charge in [0.25, 0.3) is 5.91 Å². The van der Waals surface area contributed by atoms with Crippen LogP contribution >= 0.6 is 0 Å². The molecule has 202 valence electrons. The molecule has 12 heteroatoms. The Morgan fingerprint density at radius 1 is 1.11 bits per heavy atom. The van der Waals surface area contributed by atoms with Gasteiger partial charge in [-0.1, -0.05) is 26.0 Å². The Kier molecular flexibility index (Phi) is 6.82. The van der Waals surface area contributed by atoms with Crippen molar-refractivity contribution in [2.45, 2.75) is 50.1 Å². The Morgan fingerprint density at radius 3 is 2.47 bits per heavy atom. The first-order chi connectivity index (χ1) is 18.0. The molecule has 0 atom stereocenters. The molecule has 2 aliphatic rings. The van der Waals surface area contributed by atoms with Gasteiger partial charge in [0.1, 0.15) is 17.5 Å². The van der Waals surface area contributed by atoms with E-state index in [2.05, 4.69) is 20.4 Å². The highest BCUT2D eigenvalue weighted by Crippen LogP contribution is 2.38. The summed E-state index contributed by atoms with van der Waals surface area (Å²) < 4.78 is 70.3. The van der Waals surface area contributed by atoms with E-state index in [1.165, 1.54) is 6.07 Å². The van der Waals surface area contributed by atoms with Crippen molar-refractivity contribution >= 4 is 21.7 Å². The molecule has 0 bridgehead atoms. The van der Waals surface area contributed by atoms with Crippen molar-refractivity contribution in [2.75, 3.05) is 25.0 Å². The zero-order valence-corrected chi connectivity index (χ0v) is 21.8. The number of carbonyl (C=O) groups is 1. The van der Waals surface area contributed by atoms with Gasteiger partial charge in [0, 0.05) is 42.4 Å². The average Bonchev–Trinajstić information content (AvgIpc) is 3.49. The molecule has 5 rings (SSSR count). The Labute approximate surface area is 218 Å². The Balaban J connectivity index is 1.45. The third-order valence-corrected chi connectivity index (χ3v) is 8.84. The molecule has 0 unspecified atom stereocenters. The zero-order chi connectivity index (χ0) is 27.2. The predicted molar refractivity (Wildman–Crippen MR) is 134 cm³/mol. The molecule has 1 fully saturated rings. The topological polar surface area (TPSA) is 98.4 Å². The minimum absolute atomic E-state index is 0.00332. The number of hydrogen-bond donors (Lipinski definition) is 2. The van der Waals surface area contributed by atoms with Crippen LogP contribution < -0.4 is 5.32 Å². The fraction of sp³-hybridized carbons (Fsp3) is 0.385. The second-order valence-electron chi connectivity index (χ2n) is 10.4. The van der Waals surface area contributed by atoms with E-state index in [-0.39, 0.29) is 24.5 Å². The number of halogens is 3.